The molecule has 0 unspecified atom stereocenters. The summed E-state index contributed by atoms with van der Waals surface area (Å²) >= 11 is 0. The first-order valence-electron chi connectivity index (χ1n) is 5.07. The highest BCUT2D eigenvalue weighted by molar-refractivity contribution is 5.86. The summed E-state index contributed by atoms with van der Waals surface area (Å²) in [5.74, 6) is -9.27. The van der Waals surface area contributed by atoms with E-state index in [1.807, 2.05) is 0 Å². The van der Waals surface area contributed by atoms with Gasteiger partial charge < -0.3 is 21.1 Å². The van der Waals surface area contributed by atoms with Crippen LogP contribution in [0.3, 0.4) is 0 Å². The third-order valence-corrected chi connectivity index (χ3v) is 2.34. The van der Waals surface area contributed by atoms with Crippen LogP contribution >= 0.6 is 0 Å². The van der Waals surface area contributed by atoms with Gasteiger partial charge in [-0.05, 0) is 0 Å². The molecule has 0 spiro atoms. The summed E-state index contributed by atoms with van der Waals surface area (Å²) in [6, 6.07) is 0. The molecule has 0 fully saturated rings. The molecular weight excluding hydrogens is 287 g/mol. The average molecular weight is 297 g/mol. The minimum atomic E-state index is -4.66. The molecule has 1 heterocycles. The summed E-state index contributed by atoms with van der Waals surface area (Å²) in [5, 5.41) is 26.4. The fourth-order valence-corrected chi connectivity index (χ4v) is 1.22. The predicted molar refractivity (Wildman–Crippen MR) is 57.5 cm³/mol. The first-order valence-corrected chi connectivity index (χ1v) is 5.07. The second-order valence-corrected chi connectivity index (χ2v) is 3.75. The molecule has 8 nitrogen and oxygen atoms in total. The van der Waals surface area contributed by atoms with E-state index in [-0.39, 0.29) is 10.8 Å². The van der Waals surface area contributed by atoms with E-state index in [9.17, 15) is 22.8 Å². The van der Waals surface area contributed by atoms with Gasteiger partial charge in [-0.3, -0.25) is 4.79 Å². The zero-order valence-corrected chi connectivity index (χ0v) is 9.70. The number of hydrogen-bond acceptors (Lipinski definition) is 7. The lowest BCUT2D eigenvalue weighted by atomic mass is 10.1. The third kappa shape index (κ3) is 2.79. The number of halogens is 3. The largest absolute Gasteiger partial charge is 0.394 e. The summed E-state index contributed by atoms with van der Waals surface area (Å²) in [5.41, 5.74) is 3.32. The van der Waals surface area contributed by atoms with Gasteiger partial charge in [0.15, 0.2) is 17.7 Å². The van der Waals surface area contributed by atoms with Gasteiger partial charge >= 0.3 is 17.5 Å². The van der Waals surface area contributed by atoms with E-state index in [1.54, 1.807) is 0 Å². The van der Waals surface area contributed by atoms with Crippen molar-refractivity contribution < 1.29 is 33.3 Å². The second-order valence-electron chi connectivity index (χ2n) is 3.75. The molecule has 0 saturated heterocycles. The minimum absolute atomic E-state index is 0.0823. The Morgan fingerprint density at radius 3 is 2.55 bits per heavy atom. The summed E-state index contributed by atoms with van der Waals surface area (Å²) < 4.78 is 39.7. The van der Waals surface area contributed by atoms with Crippen molar-refractivity contribution in [1.29, 1.82) is 0 Å². The van der Waals surface area contributed by atoms with Crippen LogP contribution in [-0.2, 0) is 0 Å². The Morgan fingerprint density at radius 1 is 1.50 bits per heavy atom. The van der Waals surface area contributed by atoms with Crippen LogP contribution in [-0.4, -0.2) is 55.5 Å². The molecule has 0 amide bonds. The average Bonchev–Trinajstić information content (AvgIpc) is 2.40. The minimum Gasteiger partial charge on any atom is -0.394 e. The number of rotatable bonds is 4. The van der Waals surface area contributed by atoms with Gasteiger partial charge in [-0.15, -0.1) is 0 Å². The number of carbonyl (C=O) groups is 1. The van der Waals surface area contributed by atoms with Crippen molar-refractivity contribution in [3.05, 3.63) is 22.5 Å². The smallest absolute Gasteiger partial charge is 0.356 e. The fourth-order valence-electron chi connectivity index (χ4n) is 1.22. The third-order valence-electron chi connectivity index (χ3n) is 2.34. The first-order chi connectivity index (χ1) is 9.12. The zero-order valence-electron chi connectivity index (χ0n) is 9.70. The van der Waals surface area contributed by atoms with Crippen LogP contribution in [0, 0.1) is 5.82 Å². The van der Waals surface area contributed by atoms with Gasteiger partial charge in [0.1, 0.15) is 6.10 Å². The Balaban J connectivity index is 3.24. The maximum absolute atomic E-state index is 13.5. The first kappa shape index (κ1) is 16.1. The predicted octanol–water partition coefficient (Wildman–Crippen LogP) is -2.05. The number of anilines is 1. The van der Waals surface area contributed by atoms with Crippen molar-refractivity contribution in [3.63, 3.8) is 0 Å². The van der Waals surface area contributed by atoms with Crippen LogP contribution in [0.15, 0.2) is 11.0 Å². The van der Waals surface area contributed by atoms with E-state index in [1.165, 1.54) is 0 Å². The fraction of sp³-hybridized carbons (Fsp3) is 0.444. The molecule has 0 aliphatic heterocycles. The maximum atomic E-state index is 13.5. The van der Waals surface area contributed by atoms with Gasteiger partial charge in [0.25, 0.3) is 0 Å². The molecule has 5 N–H and O–H groups in total. The highest BCUT2D eigenvalue weighted by Gasteiger charge is 2.51. The van der Waals surface area contributed by atoms with Crippen molar-refractivity contribution in [2.24, 2.45) is 0 Å². The molecule has 0 aliphatic rings. The molecule has 0 aromatic carbocycles. The molecule has 2 atom stereocenters. The number of hydrogen-bond donors (Lipinski definition) is 4. The molecule has 20 heavy (non-hydrogen) atoms. The van der Waals surface area contributed by atoms with Crippen molar-refractivity contribution >= 4 is 11.7 Å². The van der Waals surface area contributed by atoms with Gasteiger partial charge in [0, 0.05) is 0 Å². The summed E-state index contributed by atoms with van der Waals surface area (Å²) in [7, 11) is 0. The Bertz CT molecular complexity index is 576. The van der Waals surface area contributed by atoms with E-state index >= 15 is 0 Å². The highest BCUT2D eigenvalue weighted by Crippen LogP contribution is 2.23. The Labute approximate surface area is 108 Å². The lowest BCUT2D eigenvalue weighted by Gasteiger charge is -2.24. The molecule has 1 aromatic rings. The van der Waals surface area contributed by atoms with E-state index in [0.717, 1.165) is 0 Å². The van der Waals surface area contributed by atoms with Gasteiger partial charge in [-0.1, -0.05) is 0 Å². The van der Waals surface area contributed by atoms with E-state index in [0.29, 0.717) is 0 Å². The second kappa shape index (κ2) is 5.56. The number of nitrogens with two attached hydrogens (primary N) is 1. The quantitative estimate of drug-likeness (QED) is 0.502. The molecule has 1 rings (SSSR count). The number of carbonyl (C=O) groups excluding carboxylic acids is 1. The number of aliphatic hydroxyl groups excluding tert-OH is 3. The molecule has 11 heteroatoms. The van der Waals surface area contributed by atoms with Crippen LogP contribution in [0.5, 0.6) is 0 Å². The number of aliphatic hydroxyl groups is 3. The topological polar surface area (TPSA) is 139 Å². The van der Waals surface area contributed by atoms with Crippen LogP contribution in [0.25, 0.3) is 0 Å². The molecule has 0 bridgehead atoms. The lowest BCUT2D eigenvalue weighted by molar-refractivity contribution is -0.136. The Morgan fingerprint density at radius 2 is 2.05 bits per heavy atom. The van der Waals surface area contributed by atoms with Crippen LogP contribution in [0.4, 0.5) is 19.0 Å². The van der Waals surface area contributed by atoms with Crippen LogP contribution in [0.1, 0.15) is 4.79 Å². The van der Waals surface area contributed by atoms with Gasteiger partial charge in [0.2, 0.25) is 0 Å². The monoisotopic (exact) mass is 297 g/mol. The summed E-state index contributed by atoms with van der Waals surface area (Å²) in [6.45, 7) is -1.26. The zero-order chi connectivity index (χ0) is 15.7. The normalized spacial score (nSPS) is 14.9. The molecular formula is C9H10F3N3O5. The molecule has 0 radical (unpaired) electrons. The van der Waals surface area contributed by atoms with Crippen LogP contribution in [0.2, 0.25) is 0 Å². The maximum Gasteiger partial charge on any atom is 0.356 e. The van der Waals surface area contributed by atoms with Gasteiger partial charge in [0.05, 0.1) is 12.8 Å². The molecule has 0 saturated carbocycles. The van der Waals surface area contributed by atoms with Crippen molar-refractivity contribution in [2.75, 3.05) is 12.3 Å². The standard InChI is InChI=1S/C9H10F3N3O5/c10-3-1-15(8(20)14-6(3)13)7(19)9(11,12)5(18)4(17)2-16/h1,4-5,16-18H,2H2,(H2,13,14,20)/t4-,5+/m1/s1. The number of nitrogens with zero attached hydrogens (tertiary/aromatic N) is 2. The summed E-state index contributed by atoms with van der Waals surface area (Å²) in [4.78, 5) is 25.4. The number of alkyl halides is 2. The molecule has 0 aliphatic carbocycles. The van der Waals surface area contributed by atoms with Crippen molar-refractivity contribution in [1.82, 2.24) is 9.55 Å². The van der Waals surface area contributed by atoms with Gasteiger partial charge in [-0.25, -0.2) is 13.8 Å². The van der Waals surface area contributed by atoms with E-state index in [2.05, 4.69) is 4.98 Å². The molecule has 112 valence electrons. The van der Waals surface area contributed by atoms with Crippen LogP contribution < -0.4 is 11.4 Å². The highest BCUT2D eigenvalue weighted by atomic mass is 19.3. The van der Waals surface area contributed by atoms with Crippen molar-refractivity contribution in [2.45, 2.75) is 18.1 Å². The van der Waals surface area contributed by atoms with Gasteiger partial charge in [-0.2, -0.15) is 13.8 Å². The molecule has 1 aromatic heterocycles. The van der Waals surface area contributed by atoms with Crippen molar-refractivity contribution in [3.8, 4) is 0 Å². The van der Waals surface area contributed by atoms with E-state index < -0.39 is 48.0 Å². The SMILES string of the molecule is Nc1nc(=O)n(C(=O)C(F)(F)[C@@H](O)[C@H](O)CO)cc1F. The number of nitrogen functional groups attached to an aromatic ring is 1. The Hall–Kier alpha value is -1.98. The summed E-state index contributed by atoms with van der Waals surface area (Å²) in [6.07, 6.45) is -5.25. The Kier molecular flexibility index (Phi) is 4.47. The lowest BCUT2D eigenvalue weighted by Crippen LogP contribution is -2.53. The number of aromatic nitrogens is 2. The van der Waals surface area contributed by atoms with E-state index in [4.69, 9.17) is 21.1 Å².